The van der Waals surface area contributed by atoms with Gasteiger partial charge in [-0.05, 0) is 63.4 Å². The molecule has 8 heteroatoms. The molecule has 3 aromatic rings. The summed E-state index contributed by atoms with van der Waals surface area (Å²) in [5.74, 6) is 2.26. The van der Waals surface area contributed by atoms with E-state index in [0.717, 1.165) is 59.6 Å². The van der Waals surface area contributed by atoms with Gasteiger partial charge in [0.15, 0.2) is 5.13 Å². The molecule has 1 fully saturated rings. The number of likely N-dealkylation sites (tertiary alicyclic amines) is 1. The van der Waals surface area contributed by atoms with Gasteiger partial charge in [0.1, 0.15) is 18.1 Å². The number of hydrogen-bond acceptors (Lipinski definition) is 7. The molecule has 7 nitrogen and oxygen atoms in total. The minimum absolute atomic E-state index is 0.0675. The van der Waals surface area contributed by atoms with Crippen LogP contribution in [0.3, 0.4) is 0 Å². The van der Waals surface area contributed by atoms with Gasteiger partial charge in [-0.3, -0.25) is 9.69 Å². The Morgan fingerprint density at radius 3 is 2.69 bits per heavy atom. The Bertz CT molecular complexity index is 1020. The van der Waals surface area contributed by atoms with E-state index in [4.69, 9.17) is 9.26 Å². The second kappa shape index (κ2) is 10.3. The summed E-state index contributed by atoms with van der Waals surface area (Å²) in [6.07, 6.45) is 2.79. The number of thiazole rings is 1. The van der Waals surface area contributed by atoms with Gasteiger partial charge in [-0.15, -0.1) is 11.3 Å². The van der Waals surface area contributed by atoms with Crippen LogP contribution in [0.15, 0.2) is 34.2 Å². The first-order valence-corrected chi connectivity index (χ1v) is 11.9. The minimum atomic E-state index is -0.0675. The van der Waals surface area contributed by atoms with Gasteiger partial charge in [0.25, 0.3) is 0 Å². The van der Waals surface area contributed by atoms with Gasteiger partial charge in [0.2, 0.25) is 5.91 Å². The summed E-state index contributed by atoms with van der Waals surface area (Å²) >= 11 is 1.49. The molecule has 0 saturated carbocycles. The van der Waals surface area contributed by atoms with Crippen molar-refractivity contribution in [3.05, 3.63) is 57.9 Å². The quantitative estimate of drug-likeness (QED) is 0.530. The first-order chi connectivity index (χ1) is 15.5. The molecule has 1 saturated heterocycles. The lowest BCUT2D eigenvalue weighted by atomic mass is 9.99. The Hall–Kier alpha value is -2.71. The molecule has 2 aromatic heterocycles. The third-order valence-electron chi connectivity index (χ3n) is 5.91. The van der Waals surface area contributed by atoms with Crippen molar-refractivity contribution in [3.8, 4) is 5.75 Å². The molecular weight excluding hydrogens is 424 g/mol. The van der Waals surface area contributed by atoms with E-state index in [-0.39, 0.29) is 5.91 Å². The number of benzene rings is 1. The first-order valence-electron chi connectivity index (χ1n) is 11.1. The highest BCUT2D eigenvalue weighted by Gasteiger charge is 2.17. The molecule has 0 radical (unpaired) electrons. The fraction of sp³-hybridized carbons (Fsp3) is 0.458. The van der Waals surface area contributed by atoms with Gasteiger partial charge in [0, 0.05) is 11.9 Å². The van der Waals surface area contributed by atoms with E-state index in [1.165, 1.54) is 24.2 Å². The number of nitrogens with zero attached hydrogens (tertiary/aromatic N) is 3. The Balaban J connectivity index is 1.24. The molecule has 1 N–H and O–H groups in total. The normalized spacial score (nSPS) is 15.1. The Labute approximate surface area is 192 Å². The molecule has 0 atom stereocenters. The monoisotopic (exact) mass is 454 g/mol. The second-order valence-electron chi connectivity index (χ2n) is 8.56. The Kier molecular flexibility index (Phi) is 7.22. The molecule has 1 amide bonds. The topological polar surface area (TPSA) is 80.5 Å². The van der Waals surface area contributed by atoms with Gasteiger partial charge in [-0.1, -0.05) is 24.2 Å². The van der Waals surface area contributed by atoms with Crippen LogP contribution in [-0.4, -0.2) is 34.0 Å². The van der Waals surface area contributed by atoms with E-state index < -0.39 is 0 Å². The summed E-state index contributed by atoms with van der Waals surface area (Å²) in [7, 11) is 0. The van der Waals surface area contributed by atoms with Crippen LogP contribution in [0.2, 0.25) is 0 Å². The average Bonchev–Trinajstić information content (AvgIpc) is 3.34. The van der Waals surface area contributed by atoms with Gasteiger partial charge < -0.3 is 14.6 Å². The Morgan fingerprint density at radius 2 is 2.00 bits per heavy atom. The maximum absolute atomic E-state index is 12.5. The zero-order valence-corrected chi connectivity index (χ0v) is 19.7. The minimum Gasteiger partial charge on any atom is -0.489 e. The van der Waals surface area contributed by atoms with Crippen LogP contribution in [0.4, 0.5) is 5.13 Å². The zero-order valence-electron chi connectivity index (χ0n) is 18.9. The lowest BCUT2D eigenvalue weighted by Gasteiger charge is -2.29. The molecule has 32 heavy (non-hydrogen) atoms. The van der Waals surface area contributed by atoms with Crippen molar-refractivity contribution in [2.75, 3.05) is 18.4 Å². The number of ether oxygens (including phenoxy) is 1. The summed E-state index contributed by atoms with van der Waals surface area (Å²) in [4.78, 5) is 19.5. The van der Waals surface area contributed by atoms with Crippen LogP contribution in [-0.2, 0) is 24.4 Å². The Morgan fingerprint density at radius 1 is 1.25 bits per heavy atom. The molecule has 1 aliphatic heterocycles. The molecule has 3 heterocycles. The number of rotatable bonds is 8. The van der Waals surface area contributed by atoms with E-state index in [1.807, 2.05) is 43.5 Å². The molecule has 1 aliphatic rings. The van der Waals surface area contributed by atoms with Crippen LogP contribution in [0.25, 0.3) is 0 Å². The summed E-state index contributed by atoms with van der Waals surface area (Å²) < 4.78 is 11.0. The van der Waals surface area contributed by atoms with E-state index in [0.29, 0.717) is 18.2 Å². The van der Waals surface area contributed by atoms with Crippen LogP contribution in [0.5, 0.6) is 5.75 Å². The number of carbonyl (C=O) groups is 1. The van der Waals surface area contributed by atoms with E-state index in [1.54, 1.807) is 0 Å². The fourth-order valence-corrected chi connectivity index (χ4v) is 4.52. The lowest BCUT2D eigenvalue weighted by Crippen LogP contribution is -2.32. The predicted molar refractivity (Wildman–Crippen MR) is 125 cm³/mol. The molecule has 170 valence electrons. The summed E-state index contributed by atoms with van der Waals surface area (Å²) in [5, 5.41) is 9.57. The van der Waals surface area contributed by atoms with E-state index in [9.17, 15) is 4.79 Å². The molecule has 0 aliphatic carbocycles. The number of carbonyl (C=O) groups excluding carboxylic acids is 1. The van der Waals surface area contributed by atoms with Crippen molar-refractivity contribution in [2.45, 2.75) is 53.2 Å². The number of aromatic nitrogens is 2. The highest BCUT2D eigenvalue weighted by Crippen LogP contribution is 2.22. The molecule has 1 aromatic carbocycles. The largest absolute Gasteiger partial charge is 0.489 e. The molecule has 0 unspecified atom stereocenters. The number of anilines is 1. The smallest absolute Gasteiger partial charge is 0.230 e. The number of piperidine rings is 1. The summed E-state index contributed by atoms with van der Waals surface area (Å²) in [6, 6.07) is 7.57. The van der Waals surface area contributed by atoms with Crippen molar-refractivity contribution in [3.63, 3.8) is 0 Å². The fourth-order valence-electron chi connectivity index (χ4n) is 3.80. The zero-order chi connectivity index (χ0) is 22.5. The molecule has 0 spiro atoms. The van der Waals surface area contributed by atoms with Crippen molar-refractivity contribution in [1.29, 1.82) is 0 Å². The molecule has 0 bridgehead atoms. The lowest BCUT2D eigenvalue weighted by molar-refractivity contribution is -0.115. The van der Waals surface area contributed by atoms with Crippen LogP contribution in [0.1, 0.15) is 48.0 Å². The summed E-state index contributed by atoms with van der Waals surface area (Å²) in [6.45, 7) is 9.60. The molecule has 4 rings (SSSR count). The highest BCUT2D eigenvalue weighted by atomic mass is 32.1. The van der Waals surface area contributed by atoms with Gasteiger partial charge in [-0.25, -0.2) is 4.98 Å². The SMILES string of the molecule is Cc1noc(C)c1COc1ccc(CC(=O)Nc2nc(CN3CCC(C)CC3)cs2)cc1. The van der Waals surface area contributed by atoms with Crippen molar-refractivity contribution < 1.29 is 14.1 Å². The van der Waals surface area contributed by atoms with E-state index >= 15 is 0 Å². The predicted octanol–water partition coefficient (Wildman–Crippen LogP) is 4.74. The van der Waals surface area contributed by atoms with Crippen molar-refractivity contribution in [1.82, 2.24) is 15.0 Å². The summed E-state index contributed by atoms with van der Waals surface area (Å²) in [5.41, 5.74) is 3.75. The van der Waals surface area contributed by atoms with Crippen molar-refractivity contribution in [2.24, 2.45) is 5.92 Å². The standard InChI is InChI=1S/C24H30N4O3S/c1-16-8-10-28(11-9-16)13-20-15-32-24(25-20)26-23(29)12-19-4-6-21(7-5-19)30-14-22-17(2)27-31-18(22)3/h4-7,15-16H,8-14H2,1-3H3,(H,25,26,29). The number of aryl methyl sites for hydroxylation is 2. The highest BCUT2D eigenvalue weighted by molar-refractivity contribution is 7.13. The second-order valence-corrected chi connectivity index (χ2v) is 9.42. The molecular formula is C24H30N4O3S. The number of amides is 1. The maximum Gasteiger partial charge on any atom is 0.230 e. The average molecular weight is 455 g/mol. The van der Waals surface area contributed by atoms with Crippen LogP contribution in [0, 0.1) is 19.8 Å². The third kappa shape index (κ3) is 5.95. The number of nitrogens with one attached hydrogen (secondary N) is 1. The van der Waals surface area contributed by atoms with Crippen molar-refractivity contribution >= 4 is 22.4 Å². The maximum atomic E-state index is 12.5. The first kappa shape index (κ1) is 22.5. The third-order valence-corrected chi connectivity index (χ3v) is 6.72. The van der Waals surface area contributed by atoms with E-state index in [2.05, 4.69) is 27.3 Å². The van der Waals surface area contributed by atoms with Gasteiger partial charge in [-0.2, -0.15) is 0 Å². The van der Waals surface area contributed by atoms with Crippen LogP contribution < -0.4 is 10.1 Å². The van der Waals surface area contributed by atoms with Crippen LogP contribution >= 0.6 is 11.3 Å². The van der Waals surface area contributed by atoms with Gasteiger partial charge >= 0.3 is 0 Å². The van der Waals surface area contributed by atoms with Gasteiger partial charge in [0.05, 0.1) is 23.4 Å². The number of hydrogen-bond donors (Lipinski definition) is 1.